The standard InChI is InChI=1S/C16H23NO3/c1-3-20-15(18)14(13-8-5-4-6-9-13)17-16(2)10-7-11-19-12-16/h4-6,8-9,14,17H,3,7,10-12H2,1-2H3. The lowest BCUT2D eigenvalue weighted by Gasteiger charge is -2.37. The van der Waals surface area contributed by atoms with Crippen LogP contribution < -0.4 is 5.32 Å². The van der Waals surface area contributed by atoms with E-state index >= 15 is 0 Å². The van der Waals surface area contributed by atoms with Gasteiger partial charge < -0.3 is 9.47 Å². The van der Waals surface area contributed by atoms with E-state index in [0.717, 1.165) is 25.0 Å². The molecule has 1 aromatic rings. The number of ether oxygens (including phenoxy) is 2. The summed E-state index contributed by atoms with van der Waals surface area (Å²) in [5.41, 5.74) is 0.740. The molecule has 1 aromatic carbocycles. The van der Waals surface area contributed by atoms with E-state index in [4.69, 9.17) is 9.47 Å². The third-order valence-corrected chi connectivity index (χ3v) is 3.59. The van der Waals surface area contributed by atoms with E-state index in [9.17, 15) is 4.79 Å². The van der Waals surface area contributed by atoms with E-state index in [2.05, 4.69) is 12.2 Å². The van der Waals surface area contributed by atoms with Gasteiger partial charge in [0.25, 0.3) is 0 Å². The fraction of sp³-hybridized carbons (Fsp3) is 0.562. The van der Waals surface area contributed by atoms with Crippen LogP contribution in [0.25, 0.3) is 0 Å². The summed E-state index contributed by atoms with van der Waals surface area (Å²) in [5, 5.41) is 3.43. The molecule has 0 spiro atoms. The van der Waals surface area contributed by atoms with Crippen LogP contribution in [0.3, 0.4) is 0 Å². The van der Waals surface area contributed by atoms with Crippen LogP contribution >= 0.6 is 0 Å². The Morgan fingerprint density at radius 1 is 1.45 bits per heavy atom. The summed E-state index contributed by atoms with van der Waals surface area (Å²) in [5.74, 6) is -0.231. The van der Waals surface area contributed by atoms with Crippen molar-refractivity contribution in [2.45, 2.75) is 38.3 Å². The van der Waals surface area contributed by atoms with Crippen LogP contribution in [0.5, 0.6) is 0 Å². The van der Waals surface area contributed by atoms with Crippen LogP contribution in [-0.4, -0.2) is 31.3 Å². The fourth-order valence-corrected chi connectivity index (χ4v) is 2.55. The van der Waals surface area contributed by atoms with Crippen LogP contribution in [0, 0.1) is 0 Å². The van der Waals surface area contributed by atoms with Crippen molar-refractivity contribution < 1.29 is 14.3 Å². The van der Waals surface area contributed by atoms with E-state index in [0.29, 0.717) is 13.2 Å². The molecule has 1 aliphatic rings. The van der Waals surface area contributed by atoms with E-state index in [1.165, 1.54) is 0 Å². The van der Waals surface area contributed by atoms with Gasteiger partial charge >= 0.3 is 5.97 Å². The summed E-state index contributed by atoms with van der Waals surface area (Å²) >= 11 is 0. The Labute approximate surface area is 120 Å². The monoisotopic (exact) mass is 277 g/mol. The van der Waals surface area contributed by atoms with Crippen molar-refractivity contribution in [1.29, 1.82) is 0 Å². The molecule has 0 aromatic heterocycles. The number of carbonyl (C=O) groups excluding carboxylic acids is 1. The van der Waals surface area contributed by atoms with Crippen molar-refractivity contribution in [3.05, 3.63) is 35.9 Å². The van der Waals surface area contributed by atoms with E-state index in [-0.39, 0.29) is 11.5 Å². The number of esters is 1. The molecule has 1 N–H and O–H groups in total. The minimum absolute atomic E-state index is 0.189. The highest BCUT2D eigenvalue weighted by Gasteiger charge is 2.34. The first-order valence-corrected chi connectivity index (χ1v) is 7.22. The van der Waals surface area contributed by atoms with Gasteiger partial charge in [0.05, 0.1) is 13.2 Å². The predicted octanol–water partition coefficient (Wildman–Crippen LogP) is 2.45. The van der Waals surface area contributed by atoms with Crippen molar-refractivity contribution in [2.75, 3.05) is 19.8 Å². The number of hydrogen-bond acceptors (Lipinski definition) is 4. The zero-order chi connectivity index (χ0) is 14.4. The zero-order valence-corrected chi connectivity index (χ0v) is 12.2. The van der Waals surface area contributed by atoms with E-state index in [1.807, 2.05) is 37.3 Å². The Bertz CT molecular complexity index is 427. The van der Waals surface area contributed by atoms with Gasteiger partial charge in [0.15, 0.2) is 0 Å². The molecule has 2 atom stereocenters. The summed E-state index contributed by atoms with van der Waals surface area (Å²) < 4.78 is 10.7. The quantitative estimate of drug-likeness (QED) is 0.840. The van der Waals surface area contributed by atoms with E-state index in [1.54, 1.807) is 0 Å². The van der Waals surface area contributed by atoms with Crippen molar-refractivity contribution in [2.24, 2.45) is 0 Å². The highest BCUT2D eigenvalue weighted by molar-refractivity contribution is 5.77. The Hall–Kier alpha value is -1.39. The molecule has 1 aliphatic heterocycles. The van der Waals surface area contributed by atoms with Gasteiger partial charge in [-0.3, -0.25) is 5.32 Å². The van der Waals surface area contributed by atoms with Crippen molar-refractivity contribution >= 4 is 5.97 Å². The highest BCUT2D eigenvalue weighted by Crippen LogP contribution is 2.24. The van der Waals surface area contributed by atoms with Crippen molar-refractivity contribution in [3.8, 4) is 0 Å². The second kappa shape index (κ2) is 6.86. The molecule has 110 valence electrons. The molecule has 0 amide bonds. The lowest BCUT2D eigenvalue weighted by atomic mass is 9.92. The van der Waals surface area contributed by atoms with Gasteiger partial charge in [0.1, 0.15) is 6.04 Å². The number of carbonyl (C=O) groups is 1. The molecule has 0 radical (unpaired) electrons. The minimum Gasteiger partial charge on any atom is -0.465 e. The lowest BCUT2D eigenvalue weighted by Crippen LogP contribution is -2.52. The van der Waals surface area contributed by atoms with Gasteiger partial charge in [-0.2, -0.15) is 0 Å². The van der Waals surface area contributed by atoms with Crippen molar-refractivity contribution in [1.82, 2.24) is 5.32 Å². The topological polar surface area (TPSA) is 47.6 Å². The molecule has 2 unspecified atom stereocenters. The lowest BCUT2D eigenvalue weighted by molar-refractivity contribution is -0.147. The second-order valence-electron chi connectivity index (χ2n) is 5.46. The molecule has 1 saturated heterocycles. The summed E-state index contributed by atoms with van der Waals surface area (Å²) in [7, 11) is 0. The highest BCUT2D eigenvalue weighted by atomic mass is 16.5. The maximum absolute atomic E-state index is 12.2. The normalized spacial score (nSPS) is 24.1. The Kier molecular flexibility index (Phi) is 5.15. The van der Waals surface area contributed by atoms with Crippen LogP contribution in [0.15, 0.2) is 30.3 Å². The van der Waals surface area contributed by atoms with Gasteiger partial charge in [0, 0.05) is 12.1 Å². The summed E-state index contributed by atoms with van der Waals surface area (Å²) in [4.78, 5) is 12.2. The van der Waals surface area contributed by atoms with Gasteiger partial charge in [-0.05, 0) is 32.3 Å². The molecular formula is C16H23NO3. The molecule has 0 bridgehead atoms. The molecular weight excluding hydrogens is 254 g/mol. The molecule has 2 rings (SSSR count). The maximum atomic E-state index is 12.2. The maximum Gasteiger partial charge on any atom is 0.327 e. The summed E-state index contributed by atoms with van der Waals surface area (Å²) in [6.07, 6.45) is 2.00. The van der Waals surface area contributed by atoms with Gasteiger partial charge in [-0.15, -0.1) is 0 Å². The van der Waals surface area contributed by atoms with Crippen LogP contribution in [0.4, 0.5) is 0 Å². The average molecular weight is 277 g/mol. The Morgan fingerprint density at radius 3 is 2.80 bits per heavy atom. The summed E-state index contributed by atoms with van der Waals surface area (Å²) in [6.45, 7) is 5.73. The van der Waals surface area contributed by atoms with Crippen LogP contribution in [-0.2, 0) is 14.3 Å². The first kappa shape index (κ1) is 15.0. The zero-order valence-electron chi connectivity index (χ0n) is 12.2. The third-order valence-electron chi connectivity index (χ3n) is 3.59. The van der Waals surface area contributed by atoms with Gasteiger partial charge in [0.2, 0.25) is 0 Å². The minimum atomic E-state index is -0.442. The second-order valence-corrected chi connectivity index (χ2v) is 5.46. The molecule has 4 heteroatoms. The molecule has 1 heterocycles. The largest absolute Gasteiger partial charge is 0.465 e. The first-order chi connectivity index (χ1) is 9.64. The average Bonchev–Trinajstić information content (AvgIpc) is 2.47. The number of benzene rings is 1. The van der Waals surface area contributed by atoms with Crippen LogP contribution in [0.1, 0.15) is 38.3 Å². The number of nitrogens with one attached hydrogen (secondary N) is 1. The SMILES string of the molecule is CCOC(=O)C(NC1(C)CCCOC1)c1ccccc1. The third kappa shape index (κ3) is 3.81. The molecule has 20 heavy (non-hydrogen) atoms. The number of hydrogen-bond donors (Lipinski definition) is 1. The predicted molar refractivity (Wildman–Crippen MR) is 77.4 cm³/mol. The molecule has 4 nitrogen and oxygen atoms in total. The smallest absolute Gasteiger partial charge is 0.327 e. The van der Waals surface area contributed by atoms with Gasteiger partial charge in [-0.25, -0.2) is 4.79 Å². The Morgan fingerprint density at radius 2 is 2.20 bits per heavy atom. The molecule has 0 saturated carbocycles. The molecule has 0 aliphatic carbocycles. The fourth-order valence-electron chi connectivity index (χ4n) is 2.55. The van der Waals surface area contributed by atoms with Crippen molar-refractivity contribution in [3.63, 3.8) is 0 Å². The number of rotatable bonds is 5. The summed E-state index contributed by atoms with van der Waals surface area (Å²) in [6, 6.07) is 9.26. The van der Waals surface area contributed by atoms with Gasteiger partial charge in [-0.1, -0.05) is 30.3 Å². The van der Waals surface area contributed by atoms with E-state index < -0.39 is 6.04 Å². The molecule has 1 fully saturated rings. The first-order valence-electron chi connectivity index (χ1n) is 7.22. The Balaban J connectivity index is 2.16. The van der Waals surface area contributed by atoms with Crippen LogP contribution in [0.2, 0.25) is 0 Å².